The molecule has 0 aromatic heterocycles. The van der Waals surface area contributed by atoms with Crippen LogP contribution in [0.25, 0.3) is 0 Å². The molecule has 4 aliphatic rings. The summed E-state index contributed by atoms with van der Waals surface area (Å²) in [7, 11) is 0. The number of carbonyl (C=O) groups excluding carboxylic acids is 1. The standard InChI is InChI=1S/C33H44N2O2/c1-22(2)23-12-14-28-24(19-23)13-15-29-32(3,16-8-17-33(28,29)4)21-34-30-26-10-5-6-11-27(26)31(36)35(30)20-25-9-7-18-37-25/h5-6,10-12,14,19,22,25,29-30,34H,7-9,13,15-18,20-21H2,1-4H3/t25-,29+,30-,32-,33+/m0/s1. The molecule has 5 atom stereocenters. The van der Waals surface area contributed by atoms with Gasteiger partial charge in [-0.15, -0.1) is 0 Å². The molecule has 1 amide bonds. The Bertz CT molecular complexity index is 1170. The summed E-state index contributed by atoms with van der Waals surface area (Å²) in [6, 6.07) is 15.5. The summed E-state index contributed by atoms with van der Waals surface area (Å²) in [6.07, 6.45) is 8.44. The fraction of sp³-hybridized carbons (Fsp3) is 0.606. The summed E-state index contributed by atoms with van der Waals surface area (Å²) >= 11 is 0. The maximum atomic E-state index is 13.4. The van der Waals surface area contributed by atoms with Crippen LogP contribution in [0.4, 0.5) is 0 Å². The third-order valence-electron chi connectivity index (χ3n) is 10.3. The maximum Gasteiger partial charge on any atom is 0.255 e. The average molecular weight is 501 g/mol. The Balaban J connectivity index is 1.25. The highest BCUT2D eigenvalue weighted by Crippen LogP contribution is 2.57. The third kappa shape index (κ3) is 4.25. The van der Waals surface area contributed by atoms with Crippen molar-refractivity contribution >= 4 is 5.91 Å². The fourth-order valence-corrected chi connectivity index (χ4v) is 8.33. The van der Waals surface area contributed by atoms with E-state index in [0.29, 0.717) is 18.4 Å². The minimum atomic E-state index is -0.0672. The van der Waals surface area contributed by atoms with Crippen LogP contribution in [0.2, 0.25) is 0 Å². The molecule has 2 heterocycles. The zero-order valence-electron chi connectivity index (χ0n) is 23.2. The zero-order valence-corrected chi connectivity index (χ0v) is 23.2. The lowest BCUT2D eigenvalue weighted by Crippen LogP contribution is -2.54. The summed E-state index contributed by atoms with van der Waals surface area (Å²) in [4.78, 5) is 15.5. The normalized spacial score (nSPS) is 32.9. The van der Waals surface area contributed by atoms with E-state index in [-0.39, 0.29) is 29.0 Å². The molecule has 0 bridgehead atoms. The van der Waals surface area contributed by atoms with Crippen molar-refractivity contribution < 1.29 is 9.53 Å². The van der Waals surface area contributed by atoms with E-state index in [1.54, 1.807) is 11.1 Å². The highest BCUT2D eigenvalue weighted by Gasteiger charge is 2.52. The van der Waals surface area contributed by atoms with Gasteiger partial charge >= 0.3 is 0 Å². The van der Waals surface area contributed by atoms with Crippen LogP contribution in [-0.4, -0.2) is 36.6 Å². The first-order chi connectivity index (χ1) is 17.8. The van der Waals surface area contributed by atoms with E-state index in [2.05, 4.69) is 68.2 Å². The van der Waals surface area contributed by atoms with Crippen molar-refractivity contribution in [2.75, 3.05) is 19.7 Å². The van der Waals surface area contributed by atoms with Crippen molar-refractivity contribution in [3.8, 4) is 0 Å². The molecule has 0 spiro atoms. The van der Waals surface area contributed by atoms with Gasteiger partial charge in [0.1, 0.15) is 6.17 Å². The number of hydrogen-bond acceptors (Lipinski definition) is 3. The van der Waals surface area contributed by atoms with Gasteiger partial charge in [0.15, 0.2) is 0 Å². The number of nitrogens with one attached hydrogen (secondary N) is 1. The molecular formula is C33H44N2O2. The molecule has 1 saturated heterocycles. The number of amides is 1. The summed E-state index contributed by atoms with van der Waals surface area (Å²) < 4.78 is 5.94. The number of carbonyl (C=O) groups is 1. The molecule has 0 radical (unpaired) electrons. The van der Waals surface area contributed by atoms with Gasteiger partial charge < -0.3 is 9.64 Å². The Morgan fingerprint density at radius 1 is 1.08 bits per heavy atom. The van der Waals surface area contributed by atoms with Gasteiger partial charge in [-0.25, -0.2) is 0 Å². The Morgan fingerprint density at radius 3 is 2.70 bits per heavy atom. The third-order valence-corrected chi connectivity index (χ3v) is 10.3. The van der Waals surface area contributed by atoms with Crippen LogP contribution in [0.1, 0.15) is 111 Å². The van der Waals surface area contributed by atoms with Crippen LogP contribution in [0.3, 0.4) is 0 Å². The van der Waals surface area contributed by atoms with Crippen molar-refractivity contribution in [2.45, 2.75) is 96.2 Å². The monoisotopic (exact) mass is 500 g/mol. The van der Waals surface area contributed by atoms with Crippen LogP contribution in [0.5, 0.6) is 0 Å². The number of aryl methyl sites for hydroxylation is 1. The molecule has 2 aromatic carbocycles. The van der Waals surface area contributed by atoms with Gasteiger partial charge in [-0.2, -0.15) is 0 Å². The average Bonchev–Trinajstić information content (AvgIpc) is 3.49. The van der Waals surface area contributed by atoms with Gasteiger partial charge in [-0.05, 0) is 83.9 Å². The van der Waals surface area contributed by atoms with E-state index < -0.39 is 0 Å². The largest absolute Gasteiger partial charge is 0.376 e. The molecule has 4 heteroatoms. The smallest absolute Gasteiger partial charge is 0.255 e. The van der Waals surface area contributed by atoms with Crippen LogP contribution in [-0.2, 0) is 16.6 Å². The van der Waals surface area contributed by atoms with Crippen LogP contribution in [0, 0.1) is 11.3 Å². The lowest BCUT2D eigenvalue weighted by atomic mass is 9.49. The Morgan fingerprint density at radius 2 is 1.92 bits per heavy atom. The number of hydrogen-bond donors (Lipinski definition) is 1. The fourth-order valence-electron chi connectivity index (χ4n) is 8.33. The molecule has 2 fully saturated rings. The Kier molecular flexibility index (Phi) is 6.48. The molecule has 2 aromatic rings. The number of rotatable bonds is 6. The Hall–Kier alpha value is -2.17. The van der Waals surface area contributed by atoms with Crippen molar-refractivity contribution in [2.24, 2.45) is 11.3 Å². The summed E-state index contributed by atoms with van der Waals surface area (Å²) in [5, 5.41) is 3.95. The minimum Gasteiger partial charge on any atom is -0.376 e. The maximum absolute atomic E-state index is 13.4. The van der Waals surface area contributed by atoms with Gasteiger partial charge in [0.2, 0.25) is 0 Å². The quantitative estimate of drug-likeness (QED) is 0.477. The summed E-state index contributed by atoms with van der Waals surface area (Å²) in [6.45, 7) is 12.1. The highest BCUT2D eigenvalue weighted by atomic mass is 16.5. The topological polar surface area (TPSA) is 41.6 Å². The number of benzene rings is 2. The molecule has 198 valence electrons. The van der Waals surface area contributed by atoms with Gasteiger partial charge in [0.25, 0.3) is 5.91 Å². The lowest BCUT2D eigenvalue weighted by Gasteiger charge is -2.56. The van der Waals surface area contributed by atoms with E-state index in [9.17, 15) is 4.79 Å². The van der Waals surface area contributed by atoms with E-state index in [4.69, 9.17) is 4.74 Å². The number of ether oxygens (including phenoxy) is 1. The first kappa shape index (κ1) is 25.1. The first-order valence-electron chi connectivity index (χ1n) is 14.7. The summed E-state index contributed by atoms with van der Waals surface area (Å²) in [5.41, 5.74) is 7.04. The predicted octanol–water partition coefficient (Wildman–Crippen LogP) is 6.74. The minimum absolute atomic E-state index is 0.0672. The van der Waals surface area contributed by atoms with E-state index in [0.717, 1.165) is 37.1 Å². The second kappa shape index (κ2) is 9.54. The molecule has 1 saturated carbocycles. The molecule has 6 rings (SSSR count). The number of fused-ring (bicyclic) bond motifs is 4. The van der Waals surface area contributed by atoms with E-state index in [1.807, 2.05) is 12.1 Å². The molecule has 0 unspecified atom stereocenters. The van der Waals surface area contributed by atoms with Gasteiger partial charge in [0, 0.05) is 30.8 Å². The van der Waals surface area contributed by atoms with Crippen molar-refractivity contribution in [1.82, 2.24) is 10.2 Å². The number of nitrogens with zero attached hydrogens (tertiary/aromatic N) is 1. The van der Waals surface area contributed by atoms with Gasteiger partial charge in [-0.1, -0.05) is 70.5 Å². The SMILES string of the molecule is CC(C)c1ccc2c(c1)CC[C@@H]1[C@](C)(CN[C@@H]3c4ccccc4C(=O)N3C[C@@H]3CCCO3)CCC[C@]21C. The molecular weight excluding hydrogens is 456 g/mol. The van der Waals surface area contributed by atoms with E-state index >= 15 is 0 Å². The van der Waals surface area contributed by atoms with Gasteiger partial charge in [0.05, 0.1) is 6.10 Å². The van der Waals surface area contributed by atoms with E-state index in [1.165, 1.54) is 37.7 Å². The summed E-state index contributed by atoms with van der Waals surface area (Å²) in [5.74, 6) is 1.36. The van der Waals surface area contributed by atoms with Crippen molar-refractivity contribution in [3.05, 3.63) is 70.3 Å². The highest BCUT2D eigenvalue weighted by molar-refractivity contribution is 5.99. The van der Waals surface area contributed by atoms with Gasteiger partial charge in [-0.3, -0.25) is 10.1 Å². The van der Waals surface area contributed by atoms with Crippen molar-refractivity contribution in [3.63, 3.8) is 0 Å². The van der Waals surface area contributed by atoms with Crippen LogP contribution in [0.15, 0.2) is 42.5 Å². The molecule has 1 N–H and O–H groups in total. The van der Waals surface area contributed by atoms with Crippen LogP contribution < -0.4 is 5.32 Å². The molecule has 2 aliphatic carbocycles. The molecule has 2 aliphatic heterocycles. The Labute approximate surface area is 223 Å². The molecule has 4 nitrogen and oxygen atoms in total. The first-order valence-corrected chi connectivity index (χ1v) is 14.7. The lowest BCUT2D eigenvalue weighted by molar-refractivity contribution is 0.0119. The van der Waals surface area contributed by atoms with Crippen molar-refractivity contribution in [1.29, 1.82) is 0 Å². The molecule has 37 heavy (non-hydrogen) atoms. The van der Waals surface area contributed by atoms with Crippen LogP contribution >= 0.6 is 0 Å². The predicted molar refractivity (Wildman–Crippen MR) is 149 cm³/mol. The second-order valence-electron chi connectivity index (χ2n) is 13.1. The second-order valence-corrected chi connectivity index (χ2v) is 13.1. The zero-order chi connectivity index (χ0) is 25.8.